The Labute approximate surface area is 298 Å². The summed E-state index contributed by atoms with van der Waals surface area (Å²) < 4.78 is 22.0. The number of carbonyl (C=O) groups is 4. The molecule has 2 unspecified atom stereocenters. The molecule has 266 valence electrons. The van der Waals surface area contributed by atoms with Crippen LogP contribution in [0.2, 0.25) is 15.1 Å². The highest BCUT2D eigenvalue weighted by Gasteiger charge is 2.30. The van der Waals surface area contributed by atoms with Crippen molar-refractivity contribution in [3.05, 3.63) is 51.5 Å². The van der Waals surface area contributed by atoms with E-state index in [2.05, 4.69) is 13.8 Å². The molecule has 2 aromatic carbocycles. The summed E-state index contributed by atoms with van der Waals surface area (Å²) in [6.45, 7) is 3.75. The Bertz CT molecular complexity index is 1320. The van der Waals surface area contributed by atoms with Gasteiger partial charge in [-0.25, -0.2) is 0 Å². The number of aliphatic hydroxyl groups is 1. The molecule has 0 saturated heterocycles. The Morgan fingerprint density at radius 1 is 0.646 bits per heavy atom. The zero-order valence-electron chi connectivity index (χ0n) is 27.8. The van der Waals surface area contributed by atoms with Gasteiger partial charge in [0.05, 0.1) is 5.02 Å². The van der Waals surface area contributed by atoms with E-state index >= 15 is 0 Å². The van der Waals surface area contributed by atoms with E-state index in [9.17, 15) is 24.3 Å². The third-order valence-electron chi connectivity index (χ3n) is 7.39. The highest BCUT2D eigenvalue weighted by molar-refractivity contribution is 6.35. The Morgan fingerprint density at radius 3 is 1.85 bits per heavy atom. The molecule has 2 aromatic rings. The molecule has 48 heavy (non-hydrogen) atoms. The molecular weight excluding hydrogens is 683 g/mol. The van der Waals surface area contributed by atoms with E-state index in [-0.39, 0.29) is 54.4 Å². The van der Waals surface area contributed by atoms with E-state index in [1.807, 2.05) is 0 Å². The molecule has 0 aliphatic rings. The number of halogens is 3. The fourth-order valence-corrected chi connectivity index (χ4v) is 5.28. The lowest BCUT2D eigenvalue weighted by Crippen LogP contribution is -2.41. The van der Waals surface area contributed by atoms with Gasteiger partial charge in [-0.05, 0) is 49.6 Å². The van der Waals surface area contributed by atoms with Gasteiger partial charge >= 0.3 is 17.9 Å². The minimum Gasteiger partial charge on any atom is -0.462 e. The monoisotopic (exact) mass is 728 g/mol. The molecule has 0 aliphatic carbocycles. The van der Waals surface area contributed by atoms with Gasteiger partial charge in [-0.1, -0.05) is 100 Å². The quantitative estimate of drug-likeness (QED) is 0.0639. The molecule has 2 atom stereocenters. The molecule has 0 fully saturated rings. The van der Waals surface area contributed by atoms with Crippen LogP contribution >= 0.6 is 34.8 Å². The Kier molecular flexibility index (Phi) is 20.2. The SMILES string of the molecule is CCCCCCCC(=O)OCC(OC(=O)CCCC(=O)Oc1cc(Cl)ccc1Oc1ccc(Cl)cc1Cl)C(O)C(=O)CCCCCCC. The number of esters is 3. The molecule has 0 heterocycles. The van der Waals surface area contributed by atoms with Crippen LogP contribution < -0.4 is 9.47 Å². The van der Waals surface area contributed by atoms with Crippen molar-refractivity contribution in [2.75, 3.05) is 6.61 Å². The summed E-state index contributed by atoms with van der Waals surface area (Å²) in [4.78, 5) is 50.4. The first-order valence-corrected chi connectivity index (χ1v) is 17.9. The van der Waals surface area contributed by atoms with E-state index in [1.165, 1.54) is 18.2 Å². The Hall–Kier alpha value is -2.85. The molecule has 0 bridgehead atoms. The van der Waals surface area contributed by atoms with Gasteiger partial charge in [0.25, 0.3) is 0 Å². The summed E-state index contributed by atoms with van der Waals surface area (Å²) in [6.07, 6.45) is 6.29. The predicted molar refractivity (Wildman–Crippen MR) is 186 cm³/mol. The highest BCUT2D eigenvalue weighted by Crippen LogP contribution is 2.38. The number of ketones is 1. The number of Topliss-reactive ketones (excluding diaryl/α,β-unsaturated/α-hetero) is 1. The molecule has 9 nitrogen and oxygen atoms in total. The number of ether oxygens (including phenoxy) is 4. The van der Waals surface area contributed by atoms with Crippen molar-refractivity contribution >= 4 is 58.5 Å². The smallest absolute Gasteiger partial charge is 0.311 e. The molecule has 0 aliphatic heterocycles. The summed E-state index contributed by atoms with van der Waals surface area (Å²) in [6, 6.07) is 9.15. The third kappa shape index (κ3) is 16.5. The summed E-state index contributed by atoms with van der Waals surface area (Å²) >= 11 is 18.3. The molecule has 1 N–H and O–H groups in total. The highest BCUT2D eigenvalue weighted by atomic mass is 35.5. The van der Waals surface area contributed by atoms with Crippen molar-refractivity contribution in [3.8, 4) is 17.2 Å². The molecule has 0 saturated carbocycles. The maximum atomic E-state index is 12.7. The minimum absolute atomic E-state index is 0.0448. The first-order valence-electron chi connectivity index (χ1n) is 16.7. The Morgan fingerprint density at radius 2 is 1.21 bits per heavy atom. The predicted octanol–water partition coefficient (Wildman–Crippen LogP) is 9.62. The first-order chi connectivity index (χ1) is 23.0. The van der Waals surface area contributed by atoms with Crippen LogP contribution in [0.15, 0.2) is 36.4 Å². The number of carbonyl (C=O) groups excluding carboxylic acids is 4. The van der Waals surface area contributed by atoms with E-state index in [0.29, 0.717) is 22.9 Å². The van der Waals surface area contributed by atoms with Crippen molar-refractivity contribution in [2.24, 2.45) is 0 Å². The van der Waals surface area contributed by atoms with Gasteiger partial charge in [0, 0.05) is 41.8 Å². The number of aliphatic hydroxyl groups excluding tert-OH is 1. The second-order valence-electron chi connectivity index (χ2n) is 11.5. The fraction of sp³-hybridized carbons (Fsp3) is 0.556. The zero-order valence-corrected chi connectivity index (χ0v) is 30.0. The number of hydrogen-bond acceptors (Lipinski definition) is 9. The maximum Gasteiger partial charge on any atom is 0.311 e. The number of unbranched alkanes of at least 4 members (excludes halogenated alkanes) is 8. The van der Waals surface area contributed by atoms with E-state index in [0.717, 1.165) is 51.4 Å². The average Bonchev–Trinajstić information content (AvgIpc) is 3.04. The molecular formula is C36H47Cl3O9. The van der Waals surface area contributed by atoms with E-state index < -0.39 is 42.5 Å². The lowest BCUT2D eigenvalue weighted by molar-refractivity contribution is -0.169. The van der Waals surface area contributed by atoms with Gasteiger partial charge < -0.3 is 24.1 Å². The van der Waals surface area contributed by atoms with Gasteiger partial charge in [0.15, 0.2) is 29.5 Å². The summed E-state index contributed by atoms with van der Waals surface area (Å²) in [5.41, 5.74) is 0. The van der Waals surface area contributed by atoms with Crippen LogP contribution in [0, 0.1) is 0 Å². The van der Waals surface area contributed by atoms with Crippen LogP contribution in [0.25, 0.3) is 0 Å². The topological polar surface area (TPSA) is 125 Å². The molecule has 0 aromatic heterocycles. The standard InChI is InChI=1S/C36H47Cl3O9/c1-3-5-7-9-11-14-28(40)36(44)32(24-45-33(41)15-12-10-8-6-4-2)48-35(43)17-13-16-34(42)47-31-23-26(38)19-21-30(31)46-29-20-18-25(37)22-27(29)39/h18-23,32,36,44H,3-17,24H2,1-2H3. The van der Waals surface area contributed by atoms with Gasteiger partial charge in [0.1, 0.15) is 12.4 Å². The summed E-state index contributed by atoms with van der Waals surface area (Å²) in [5, 5.41) is 11.7. The summed E-state index contributed by atoms with van der Waals surface area (Å²) in [5.74, 6) is -1.89. The van der Waals surface area contributed by atoms with Crippen LogP contribution in [0.4, 0.5) is 0 Å². The van der Waals surface area contributed by atoms with Gasteiger partial charge in [-0.2, -0.15) is 0 Å². The van der Waals surface area contributed by atoms with Gasteiger partial charge in [-0.15, -0.1) is 0 Å². The van der Waals surface area contributed by atoms with Gasteiger partial charge in [0.2, 0.25) is 0 Å². The second kappa shape index (κ2) is 23.5. The van der Waals surface area contributed by atoms with Crippen molar-refractivity contribution in [3.63, 3.8) is 0 Å². The van der Waals surface area contributed by atoms with Crippen LogP contribution in [0.3, 0.4) is 0 Å². The lowest BCUT2D eigenvalue weighted by Gasteiger charge is -2.22. The third-order valence-corrected chi connectivity index (χ3v) is 8.16. The average molecular weight is 730 g/mol. The number of hydrogen-bond donors (Lipinski definition) is 1. The molecule has 12 heteroatoms. The lowest BCUT2D eigenvalue weighted by atomic mass is 10.0. The van der Waals surface area contributed by atoms with Crippen molar-refractivity contribution < 1.29 is 43.2 Å². The van der Waals surface area contributed by atoms with Crippen LogP contribution in [-0.4, -0.2) is 47.6 Å². The van der Waals surface area contributed by atoms with E-state index in [1.54, 1.807) is 18.2 Å². The maximum absolute atomic E-state index is 12.7. The first kappa shape index (κ1) is 41.3. The van der Waals surface area contributed by atoms with Crippen LogP contribution in [-0.2, 0) is 28.7 Å². The second-order valence-corrected chi connectivity index (χ2v) is 12.8. The zero-order chi connectivity index (χ0) is 35.3. The molecule has 2 rings (SSSR count). The fourth-order valence-electron chi connectivity index (χ4n) is 4.67. The largest absolute Gasteiger partial charge is 0.462 e. The van der Waals surface area contributed by atoms with Crippen molar-refractivity contribution in [1.29, 1.82) is 0 Å². The van der Waals surface area contributed by atoms with Crippen molar-refractivity contribution in [1.82, 2.24) is 0 Å². The molecule has 0 amide bonds. The van der Waals surface area contributed by atoms with E-state index in [4.69, 9.17) is 53.8 Å². The summed E-state index contributed by atoms with van der Waals surface area (Å²) in [7, 11) is 0. The number of rotatable bonds is 24. The minimum atomic E-state index is -1.64. The Balaban J connectivity index is 1.93. The van der Waals surface area contributed by atoms with Crippen LogP contribution in [0.5, 0.6) is 17.2 Å². The normalized spacial score (nSPS) is 12.2. The van der Waals surface area contributed by atoms with Crippen LogP contribution in [0.1, 0.15) is 110 Å². The number of benzene rings is 2. The molecule has 0 radical (unpaired) electrons. The molecule has 0 spiro atoms. The van der Waals surface area contributed by atoms with Crippen molar-refractivity contribution in [2.45, 2.75) is 122 Å². The van der Waals surface area contributed by atoms with Gasteiger partial charge in [-0.3, -0.25) is 19.2 Å².